The first-order valence-corrected chi connectivity index (χ1v) is 6.55. The van der Waals surface area contributed by atoms with E-state index in [1.807, 2.05) is 0 Å². The maximum atomic E-state index is 14.1. The van der Waals surface area contributed by atoms with Gasteiger partial charge in [-0.05, 0) is 37.9 Å². The minimum absolute atomic E-state index is 0. The fourth-order valence-electron chi connectivity index (χ4n) is 2.58. The Balaban J connectivity index is 0.00000200. The zero-order chi connectivity index (χ0) is 13.8. The standard InChI is InChI=1S/C14H21FN2O2.ClH/c1-18-12-7-10(11(15)8-13(12)19-2)14(16)9-3-5-17-6-4-9;/h7-9,14,17H,3-6,16H2,1-2H3;1H/t14-;/m1./s1. The molecule has 3 N–H and O–H groups in total. The molecule has 1 aliphatic heterocycles. The Kier molecular flexibility index (Phi) is 6.52. The number of nitrogens with two attached hydrogens (primary N) is 1. The van der Waals surface area contributed by atoms with Gasteiger partial charge in [-0.25, -0.2) is 4.39 Å². The van der Waals surface area contributed by atoms with Crippen LogP contribution in [0.3, 0.4) is 0 Å². The largest absolute Gasteiger partial charge is 0.493 e. The van der Waals surface area contributed by atoms with E-state index in [4.69, 9.17) is 15.2 Å². The second-order valence-corrected chi connectivity index (χ2v) is 4.84. The summed E-state index contributed by atoms with van der Waals surface area (Å²) in [6.07, 6.45) is 1.93. The van der Waals surface area contributed by atoms with E-state index in [1.165, 1.54) is 20.3 Å². The summed E-state index contributed by atoms with van der Waals surface area (Å²) < 4.78 is 24.4. The minimum Gasteiger partial charge on any atom is -0.493 e. The van der Waals surface area contributed by atoms with E-state index in [0.717, 1.165) is 25.9 Å². The molecule has 2 rings (SSSR count). The van der Waals surface area contributed by atoms with Gasteiger partial charge in [0.15, 0.2) is 11.5 Å². The van der Waals surface area contributed by atoms with Crippen molar-refractivity contribution >= 4 is 12.4 Å². The van der Waals surface area contributed by atoms with Crippen molar-refractivity contribution in [3.05, 3.63) is 23.5 Å². The Morgan fingerprint density at radius 1 is 1.20 bits per heavy atom. The fourth-order valence-corrected chi connectivity index (χ4v) is 2.58. The van der Waals surface area contributed by atoms with E-state index in [-0.39, 0.29) is 24.3 Å². The second kappa shape index (κ2) is 7.67. The van der Waals surface area contributed by atoms with Gasteiger partial charge in [-0.2, -0.15) is 0 Å². The van der Waals surface area contributed by atoms with Crippen LogP contribution in [0.2, 0.25) is 0 Å². The summed E-state index contributed by atoms with van der Waals surface area (Å²) in [5.74, 6) is 0.877. The predicted molar refractivity (Wildman–Crippen MR) is 79.3 cm³/mol. The Morgan fingerprint density at radius 2 is 1.75 bits per heavy atom. The summed E-state index contributed by atoms with van der Waals surface area (Å²) >= 11 is 0. The third-order valence-corrected chi connectivity index (χ3v) is 3.75. The molecule has 4 nitrogen and oxygen atoms in total. The lowest BCUT2D eigenvalue weighted by Crippen LogP contribution is -2.34. The van der Waals surface area contributed by atoms with Crippen molar-refractivity contribution in [3.8, 4) is 11.5 Å². The van der Waals surface area contributed by atoms with E-state index in [2.05, 4.69) is 5.32 Å². The van der Waals surface area contributed by atoms with E-state index in [0.29, 0.717) is 23.0 Å². The van der Waals surface area contributed by atoms with E-state index >= 15 is 0 Å². The van der Waals surface area contributed by atoms with E-state index in [9.17, 15) is 4.39 Å². The third-order valence-electron chi connectivity index (χ3n) is 3.75. The number of hydrogen-bond acceptors (Lipinski definition) is 4. The summed E-state index contributed by atoms with van der Waals surface area (Å²) in [6.45, 7) is 1.88. The molecule has 1 fully saturated rings. The van der Waals surface area contributed by atoms with Gasteiger partial charge in [0.2, 0.25) is 0 Å². The van der Waals surface area contributed by atoms with E-state index < -0.39 is 0 Å². The van der Waals surface area contributed by atoms with Crippen LogP contribution in [0.4, 0.5) is 4.39 Å². The van der Waals surface area contributed by atoms with Crippen LogP contribution < -0.4 is 20.5 Å². The topological polar surface area (TPSA) is 56.5 Å². The molecule has 0 unspecified atom stereocenters. The highest BCUT2D eigenvalue weighted by atomic mass is 35.5. The summed E-state index contributed by atoms with van der Waals surface area (Å²) in [7, 11) is 3.03. The van der Waals surface area contributed by atoms with Crippen LogP contribution in [0.25, 0.3) is 0 Å². The summed E-state index contributed by atoms with van der Waals surface area (Å²) in [5, 5.41) is 3.28. The molecule has 1 atom stereocenters. The molecule has 0 amide bonds. The smallest absolute Gasteiger partial charge is 0.163 e. The van der Waals surface area contributed by atoms with Crippen LogP contribution >= 0.6 is 12.4 Å². The molecular weight excluding hydrogens is 283 g/mol. The van der Waals surface area contributed by atoms with Crippen LogP contribution in [0.5, 0.6) is 11.5 Å². The van der Waals surface area contributed by atoms with Gasteiger partial charge in [0.1, 0.15) is 5.82 Å². The average molecular weight is 305 g/mol. The molecule has 0 saturated carbocycles. The Bertz CT molecular complexity index is 439. The lowest BCUT2D eigenvalue weighted by atomic mass is 9.86. The maximum Gasteiger partial charge on any atom is 0.163 e. The van der Waals surface area contributed by atoms with Crippen molar-refractivity contribution in [1.29, 1.82) is 0 Å². The van der Waals surface area contributed by atoms with Gasteiger partial charge in [0.05, 0.1) is 14.2 Å². The maximum absolute atomic E-state index is 14.1. The molecule has 114 valence electrons. The molecule has 0 bridgehead atoms. The van der Waals surface area contributed by atoms with Gasteiger partial charge in [-0.15, -0.1) is 12.4 Å². The highest BCUT2D eigenvalue weighted by molar-refractivity contribution is 5.85. The van der Waals surface area contributed by atoms with Crippen LogP contribution in [-0.4, -0.2) is 27.3 Å². The van der Waals surface area contributed by atoms with Crippen molar-refractivity contribution in [3.63, 3.8) is 0 Å². The number of methoxy groups -OCH3 is 2. The van der Waals surface area contributed by atoms with E-state index in [1.54, 1.807) is 6.07 Å². The number of piperidine rings is 1. The van der Waals surface area contributed by atoms with Crippen molar-refractivity contribution in [2.75, 3.05) is 27.3 Å². The Labute approximate surface area is 125 Å². The zero-order valence-corrected chi connectivity index (χ0v) is 12.6. The van der Waals surface area contributed by atoms with Gasteiger partial charge < -0.3 is 20.5 Å². The predicted octanol–water partition coefficient (Wildman–Crippen LogP) is 2.26. The molecular formula is C14H22ClFN2O2. The molecule has 1 aromatic rings. The Morgan fingerprint density at radius 3 is 2.30 bits per heavy atom. The van der Waals surface area contributed by atoms with Gasteiger partial charge in [-0.3, -0.25) is 0 Å². The monoisotopic (exact) mass is 304 g/mol. The molecule has 1 aliphatic rings. The van der Waals surface area contributed by atoms with Crippen molar-refractivity contribution in [2.45, 2.75) is 18.9 Å². The zero-order valence-electron chi connectivity index (χ0n) is 11.8. The molecule has 1 saturated heterocycles. The lowest BCUT2D eigenvalue weighted by molar-refractivity contribution is 0.313. The van der Waals surface area contributed by atoms with Gasteiger partial charge in [0, 0.05) is 17.7 Å². The van der Waals surface area contributed by atoms with Crippen LogP contribution in [0, 0.1) is 11.7 Å². The molecule has 0 aromatic heterocycles. The number of halogens is 2. The summed E-state index contributed by atoms with van der Waals surface area (Å²) in [4.78, 5) is 0. The van der Waals surface area contributed by atoms with Gasteiger partial charge in [0.25, 0.3) is 0 Å². The quantitative estimate of drug-likeness (QED) is 0.896. The SMILES string of the molecule is COc1cc(F)c([C@H](N)C2CCNCC2)cc1OC.Cl. The first-order valence-electron chi connectivity index (χ1n) is 6.55. The molecule has 6 heteroatoms. The molecule has 1 heterocycles. The first-order chi connectivity index (χ1) is 9.17. The summed E-state index contributed by atoms with van der Waals surface area (Å²) in [5.41, 5.74) is 6.73. The fraction of sp³-hybridized carbons (Fsp3) is 0.571. The molecule has 20 heavy (non-hydrogen) atoms. The van der Waals surface area contributed by atoms with Crippen LogP contribution in [0.1, 0.15) is 24.4 Å². The highest BCUT2D eigenvalue weighted by Gasteiger charge is 2.25. The molecule has 0 aliphatic carbocycles. The van der Waals surface area contributed by atoms with Crippen molar-refractivity contribution in [2.24, 2.45) is 11.7 Å². The summed E-state index contributed by atoms with van der Waals surface area (Å²) in [6, 6.07) is 2.69. The second-order valence-electron chi connectivity index (χ2n) is 4.84. The van der Waals surface area contributed by atoms with Gasteiger partial charge >= 0.3 is 0 Å². The third kappa shape index (κ3) is 3.53. The minimum atomic E-state index is -0.330. The number of hydrogen-bond donors (Lipinski definition) is 2. The number of nitrogens with one attached hydrogen (secondary N) is 1. The number of rotatable bonds is 4. The number of benzene rings is 1. The molecule has 1 aromatic carbocycles. The Hall–Kier alpha value is -1.04. The van der Waals surface area contributed by atoms with Gasteiger partial charge in [-0.1, -0.05) is 0 Å². The van der Waals surface area contributed by atoms with Crippen LogP contribution in [0.15, 0.2) is 12.1 Å². The number of ether oxygens (including phenoxy) is 2. The molecule has 0 radical (unpaired) electrons. The molecule has 0 spiro atoms. The normalized spacial score (nSPS) is 17.2. The van der Waals surface area contributed by atoms with Crippen molar-refractivity contribution < 1.29 is 13.9 Å². The average Bonchev–Trinajstić information content (AvgIpc) is 2.47. The first kappa shape index (κ1) is 17.0. The highest BCUT2D eigenvalue weighted by Crippen LogP contribution is 2.35. The van der Waals surface area contributed by atoms with Crippen molar-refractivity contribution in [1.82, 2.24) is 5.32 Å². The van der Waals surface area contributed by atoms with Crippen LogP contribution in [-0.2, 0) is 0 Å². The lowest BCUT2D eigenvalue weighted by Gasteiger charge is -2.29.